The molecule has 0 saturated heterocycles. The first kappa shape index (κ1) is 24.0. The van der Waals surface area contributed by atoms with Crippen molar-refractivity contribution in [3.05, 3.63) is 94.5 Å². The summed E-state index contributed by atoms with van der Waals surface area (Å²) in [5, 5.41) is 3.41. The Hall–Kier alpha value is -2.67. The Morgan fingerprint density at radius 1 is 0.875 bits per heavy atom. The molecule has 0 aliphatic carbocycles. The van der Waals surface area contributed by atoms with Crippen molar-refractivity contribution in [3.63, 3.8) is 0 Å². The lowest BCUT2D eigenvalue weighted by Crippen LogP contribution is -2.37. The van der Waals surface area contributed by atoms with E-state index in [1.54, 1.807) is 0 Å². The molecular weight excluding hydrogens is 444 g/mol. The van der Waals surface area contributed by atoms with E-state index in [2.05, 4.69) is 5.32 Å². The number of carbonyl (C=O) groups is 1. The smallest absolute Gasteiger partial charge is 0.243 e. The van der Waals surface area contributed by atoms with Crippen LogP contribution in [0, 0.1) is 0 Å². The topological polar surface area (TPSA) is 66.5 Å². The molecule has 0 fully saturated rings. The Balaban J connectivity index is 1.91. The number of hydrogen-bond acceptors (Lipinski definition) is 3. The zero-order valence-electron chi connectivity index (χ0n) is 18.2. The SMILES string of the molecule is CCc1cccc(CC)c1NC(=O)CN(Cc1ccccc1)S(=O)(=O)c1ccc(Cl)cc1. The van der Waals surface area contributed by atoms with Gasteiger partial charge < -0.3 is 5.32 Å². The van der Waals surface area contributed by atoms with Crippen LogP contribution in [0.3, 0.4) is 0 Å². The van der Waals surface area contributed by atoms with Gasteiger partial charge in [-0.15, -0.1) is 0 Å². The predicted octanol–water partition coefficient (Wildman–Crippen LogP) is 5.29. The molecule has 3 aromatic carbocycles. The van der Waals surface area contributed by atoms with E-state index in [1.165, 1.54) is 28.6 Å². The second kappa shape index (κ2) is 10.8. The second-order valence-electron chi connectivity index (χ2n) is 7.42. The van der Waals surface area contributed by atoms with Gasteiger partial charge in [0.2, 0.25) is 15.9 Å². The van der Waals surface area contributed by atoms with Gasteiger partial charge in [0, 0.05) is 17.3 Å². The summed E-state index contributed by atoms with van der Waals surface area (Å²) in [5.41, 5.74) is 3.60. The lowest BCUT2D eigenvalue weighted by atomic mass is 10.0. The quantitative estimate of drug-likeness (QED) is 0.461. The van der Waals surface area contributed by atoms with Crippen molar-refractivity contribution in [2.75, 3.05) is 11.9 Å². The fraction of sp³-hybridized carbons (Fsp3) is 0.240. The van der Waals surface area contributed by atoms with Gasteiger partial charge >= 0.3 is 0 Å². The average Bonchev–Trinajstić information content (AvgIpc) is 2.79. The van der Waals surface area contributed by atoms with Gasteiger partial charge in [-0.05, 0) is 53.8 Å². The molecule has 0 bridgehead atoms. The number of rotatable bonds is 9. The molecule has 0 spiro atoms. The summed E-state index contributed by atoms with van der Waals surface area (Å²) < 4.78 is 28.0. The number of amides is 1. The Kier molecular flexibility index (Phi) is 8.07. The third-order valence-corrected chi connectivity index (χ3v) is 7.29. The number of halogens is 1. The van der Waals surface area contributed by atoms with Crippen molar-refractivity contribution in [2.45, 2.75) is 38.1 Å². The minimum absolute atomic E-state index is 0.0787. The molecule has 0 heterocycles. The largest absolute Gasteiger partial charge is 0.324 e. The van der Waals surface area contributed by atoms with Gasteiger partial charge in [-0.1, -0.05) is 74.0 Å². The molecule has 7 heteroatoms. The molecule has 0 aliphatic rings. The van der Waals surface area contributed by atoms with Crippen LogP contribution < -0.4 is 5.32 Å². The van der Waals surface area contributed by atoms with E-state index in [9.17, 15) is 13.2 Å². The van der Waals surface area contributed by atoms with Crippen LogP contribution >= 0.6 is 11.6 Å². The monoisotopic (exact) mass is 470 g/mol. The standard InChI is InChI=1S/C25H27ClN2O3S/c1-3-20-11-8-12-21(4-2)25(20)27-24(29)18-28(17-19-9-6-5-7-10-19)32(30,31)23-15-13-22(26)14-16-23/h5-16H,3-4,17-18H2,1-2H3,(H,27,29). The molecule has 3 rings (SSSR count). The normalized spacial score (nSPS) is 11.5. The van der Waals surface area contributed by atoms with Crippen molar-refractivity contribution < 1.29 is 13.2 Å². The Labute approximate surface area is 195 Å². The van der Waals surface area contributed by atoms with Crippen molar-refractivity contribution in [1.29, 1.82) is 0 Å². The molecule has 1 N–H and O–H groups in total. The number of anilines is 1. The highest BCUT2D eigenvalue weighted by molar-refractivity contribution is 7.89. The summed E-state index contributed by atoms with van der Waals surface area (Å²) in [6.07, 6.45) is 1.53. The number of carbonyl (C=O) groups excluding carboxylic acids is 1. The first-order valence-electron chi connectivity index (χ1n) is 10.6. The molecule has 3 aromatic rings. The molecule has 0 saturated carbocycles. The minimum atomic E-state index is -3.92. The molecule has 1 amide bonds. The van der Waals surface area contributed by atoms with Crippen LogP contribution in [-0.2, 0) is 34.2 Å². The number of sulfonamides is 1. The molecule has 0 aliphatic heterocycles. The number of nitrogens with one attached hydrogen (secondary N) is 1. The van der Waals surface area contributed by atoms with Crippen LogP contribution in [0.15, 0.2) is 77.7 Å². The first-order valence-corrected chi connectivity index (χ1v) is 12.4. The zero-order chi connectivity index (χ0) is 23.1. The highest BCUT2D eigenvalue weighted by Gasteiger charge is 2.27. The molecular formula is C25H27ClN2O3S. The Morgan fingerprint density at radius 3 is 2.03 bits per heavy atom. The van der Waals surface area contributed by atoms with Gasteiger partial charge in [0.25, 0.3) is 0 Å². The number of benzene rings is 3. The van der Waals surface area contributed by atoms with Gasteiger partial charge in [0.15, 0.2) is 0 Å². The molecule has 0 atom stereocenters. The number of para-hydroxylation sites is 1. The lowest BCUT2D eigenvalue weighted by Gasteiger charge is -2.23. The maximum atomic E-state index is 13.4. The van der Waals surface area contributed by atoms with Crippen LogP contribution in [0.1, 0.15) is 30.5 Å². The summed E-state index contributed by atoms with van der Waals surface area (Å²) in [6, 6.07) is 21.1. The summed E-state index contributed by atoms with van der Waals surface area (Å²) in [4.78, 5) is 13.1. The van der Waals surface area contributed by atoms with E-state index < -0.39 is 10.0 Å². The van der Waals surface area contributed by atoms with E-state index >= 15 is 0 Å². The van der Waals surface area contributed by atoms with E-state index in [1.807, 2.05) is 62.4 Å². The fourth-order valence-corrected chi connectivity index (χ4v) is 5.02. The molecule has 0 unspecified atom stereocenters. The van der Waals surface area contributed by atoms with Crippen molar-refractivity contribution in [1.82, 2.24) is 4.31 Å². The molecule has 0 radical (unpaired) electrons. The lowest BCUT2D eigenvalue weighted by molar-refractivity contribution is -0.116. The Morgan fingerprint density at radius 2 is 1.47 bits per heavy atom. The number of aryl methyl sites for hydroxylation is 2. The average molecular weight is 471 g/mol. The maximum Gasteiger partial charge on any atom is 0.243 e. The van der Waals surface area contributed by atoms with Crippen molar-refractivity contribution in [2.24, 2.45) is 0 Å². The van der Waals surface area contributed by atoms with E-state index in [0.29, 0.717) is 5.02 Å². The Bertz CT molecular complexity index is 1140. The van der Waals surface area contributed by atoms with Gasteiger partial charge in [-0.3, -0.25) is 4.79 Å². The first-order chi connectivity index (χ1) is 15.3. The van der Waals surface area contributed by atoms with Gasteiger partial charge in [0.05, 0.1) is 11.4 Å². The summed E-state index contributed by atoms with van der Waals surface area (Å²) >= 11 is 5.93. The molecule has 32 heavy (non-hydrogen) atoms. The van der Waals surface area contributed by atoms with E-state index in [4.69, 9.17) is 11.6 Å². The van der Waals surface area contributed by atoms with Gasteiger partial charge in [-0.2, -0.15) is 4.31 Å². The predicted molar refractivity (Wildman–Crippen MR) is 129 cm³/mol. The number of nitrogens with zero attached hydrogens (tertiary/aromatic N) is 1. The molecule has 168 valence electrons. The van der Waals surface area contributed by atoms with Gasteiger partial charge in [0.1, 0.15) is 0 Å². The molecule has 5 nitrogen and oxygen atoms in total. The zero-order valence-corrected chi connectivity index (χ0v) is 19.8. The summed E-state index contributed by atoms with van der Waals surface area (Å²) in [6.45, 7) is 3.82. The van der Waals surface area contributed by atoms with Crippen LogP contribution in [0.25, 0.3) is 0 Å². The second-order valence-corrected chi connectivity index (χ2v) is 9.79. The minimum Gasteiger partial charge on any atom is -0.324 e. The van der Waals surface area contributed by atoms with Crippen molar-refractivity contribution in [3.8, 4) is 0 Å². The summed E-state index contributed by atoms with van der Waals surface area (Å²) in [5.74, 6) is -0.380. The van der Waals surface area contributed by atoms with Crippen LogP contribution in [-0.4, -0.2) is 25.2 Å². The van der Waals surface area contributed by atoms with E-state index in [-0.39, 0.29) is 23.9 Å². The van der Waals surface area contributed by atoms with Gasteiger partial charge in [-0.25, -0.2) is 8.42 Å². The highest BCUT2D eigenvalue weighted by atomic mass is 35.5. The third-order valence-electron chi connectivity index (χ3n) is 5.24. The van der Waals surface area contributed by atoms with Crippen molar-refractivity contribution >= 4 is 33.2 Å². The third kappa shape index (κ3) is 5.76. The van der Waals surface area contributed by atoms with Crippen LogP contribution in [0.4, 0.5) is 5.69 Å². The molecule has 0 aromatic heterocycles. The highest BCUT2D eigenvalue weighted by Crippen LogP contribution is 2.24. The summed E-state index contributed by atoms with van der Waals surface area (Å²) in [7, 11) is -3.92. The van der Waals surface area contributed by atoms with Crippen LogP contribution in [0.5, 0.6) is 0 Å². The van der Waals surface area contributed by atoms with Crippen LogP contribution in [0.2, 0.25) is 5.02 Å². The van der Waals surface area contributed by atoms with E-state index in [0.717, 1.165) is 35.2 Å². The fourth-order valence-electron chi connectivity index (χ4n) is 3.51. The number of hydrogen-bond donors (Lipinski definition) is 1. The maximum absolute atomic E-state index is 13.4.